The minimum atomic E-state index is 0.0104. The van der Waals surface area contributed by atoms with Gasteiger partial charge in [-0.25, -0.2) is 0 Å². The molecule has 0 saturated carbocycles. The normalized spacial score (nSPS) is 10.7. The van der Waals surface area contributed by atoms with Gasteiger partial charge in [0.1, 0.15) is 0 Å². The van der Waals surface area contributed by atoms with Gasteiger partial charge in [0.05, 0.1) is 6.54 Å². The first-order chi connectivity index (χ1) is 11.1. The number of hydrogen-bond donors (Lipinski definition) is 1. The molecule has 0 bridgehead atoms. The Kier molecular flexibility index (Phi) is 4.74. The van der Waals surface area contributed by atoms with Gasteiger partial charge in [-0.2, -0.15) is 0 Å². The molecular weight excluding hydrogens is 328 g/mol. The van der Waals surface area contributed by atoms with Gasteiger partial charge < -0.3 is 4.57 Å². The fourth-order valence-electron chi connectivity index (χ4n) is 2.36. The smallest absolute Gasteiger partial charge is 0.182 e. The van der Waals surface area contributed by atoms with Gasteiger partial charge in [-0.1, -0.05) is 54.1 Å². The first-order valence-corrected chi connectivity index (χ1v) is 8.38. The molecule has 3 rings (SSSR count). The number of aromatic nitrogens is 1. The standard InChI is InChI=1S/C18H15ClN2OS/c19-15-8-4-5-13(9-15)10-16-11-21(18(20)23-16)12-17(22)14-6-2-1-3-7-14/h1-9,11,20H,10,12H2. The largest absolute Gasteiger partial charge is 0.316 e. The molecule has 0 aliphatic rings. The summed E-state index contributed by atoms with van der Waals surface area (Å²) in [6.45, 7) is 0.189. The molecule has 116 valence electrons. The summed E-state index contributed by atoms with van der Waals surface area (Å²) >= 11 is 7.39. The van der Waals surface area contributed by atoms with Crippen molar-refractivity contribution in [1.29, 1.82) is 5.41 Å². The number of thiazole rings is 1. The molecule has 0 saturated heterocycles. The fraction of sp³-hybridized carbons (Fsp3) is 0.111. The lowest BCUT2D eigenvalue weighted by Gasteiger charge is -2.02. The lowest BCUT2D eigenvalue weighted by atomic mass is 10.1. The van der Waals surface area contributed by atoms with Crippen LogP contribution in [0.2, 0.25) is 5.02 Å². The average molecular weight is 343 g/mol. The Hall–Kier alpha value is -2.17. The van der Waals surface area contributed by atoms with E-state index in [4.69, 9.17) is 17.0 Å². The maximum Gasteiger partial charge on any atom is 0.182 e. The summed E-state index contributed by atoms with van der Waals surface area (Å²) in [5, 5.41) is 8.76. The molecule has 0 fully saturated rings. The van der Waals surface area contributed by atoms with Crippen LogP contribution in [0.1, 0.15) is 20.8 Å². The van der Waals surface area contributed by atoms with E-state index in [0.29, 0.717) is 21.8 Å². The number of Topliss-reactive ketones (excluding diaryl/α,β-unsaturated/α-hetero) is 1. The van der Waals surface area contributed by atoms with Crippen molar-refractivity contribution in [3.8, 4) is 0 Å². The van der Waals surface area contributed by atoms with Crippen molar-refractivity contribution in [1.82, 2.24) is 4.57 Å². The molecule has 0 atom stereocenters. The zero-order chi connectivity index (χ0) is 16.2. The summed E-state index contributed by atoms with van der Waals surface area (Å²) in [4.78, 5) is 13.7. The fourth-order valence-corrected chi connectivity index (χ4v) is 3.47. The Morgan fingerprint density at radius 2 is 1.91 bits per heavy atom. The van der Waals surface area contributed by atoms with E-state index >= 15 is 0 Å². The Morgan fingerprint density at radius 1 is 1.13 bits per heavy atom. The van der Waals surface area contributed by atoms with Crippen LogP contribution in [0.15, 0.2) is 60.8 Å². The summed E-state index contributed by atoms with van der Waals surface area (Å²) in [7, 11) is 0. The molecule has 0 unspecified atom stereocenters. The van der Waals surface area contributed by atoms with Crippen LogP contribution in [0.25, 0.3) is 0 Å². The van der Waals surface area contributed by atoms with Crippen LogP contribution in [0.3, 0.4) is 0 Å². The van der Waals surface area contributed by atoms with Crippen LogP contribution in [-0.2, 0) is 13.0 Å². The van der Waals surface area contributed by atoms with Crippen molar-refractivity contribution >= 4 is 28.7 Å². The predicted molar refractivity (Wildman–Crippen MR) is 93.2 cm³/mol. The highest BCUT2D eigenvalue weighted by atomic mass is 35.5. The maximum atomic E-state index is 12.3. The van der Waals surface area contributed by atoms with E-state index in [0.717, 1.165) is 10.4 Å². The minimum absolute atomic E-state index is 0.0104. The zero-order valence-corrected chi connectivity index (χ0v) is 13.9. The van der Waals surface area contributed by atoms with Crippen LogP contribution in [-0.4, -0.2) is 10.4 Å². The highest BCUT2D eigenvalue weighted by Crippen LogP contribution is 2.16. The Bertz CT molecular complexity index is 883. The van der Waals surface area contributed by atoms with Crippen LogP contribution >= 0.6 is 22.9 Å². The number of benzene rings is 2. The van der Waals surface area contributed by atoms with Gasteiger partial charge in [-0.3, -0.25) is 10.2 Å². The van der Waals surface area contributed by atoms with E-state index in [9.17, 15) is 4.79 Å². The number of ketones is 1. The van der Waals surface area contributed by atoms with Crippen LogP contribution in [0.4, 0.5) is 0 Å². The maximum absolute atomic E-state index is 12.3. The lowest BCUT2D eigenvalue weighted by Crippen LogP contribution is -2.18. The second-order valence-electron chi connectivity index (χ2n) is 5.23. The Labute approximate surface area is 143 Å². The molecule has 0 amide bonds. The van der Waals surface area contributed by atoms with Gasteiger partial charge in [0.25, 0.3) is 0 Å². The second-order valence-corrected chi connectivity index (χ2v) is 6.78. The average Bonchev–Trinajstić information content (AvgIpc) is 2.87. The monoisotopic (exact) mass is 342 g/mol. The van der Waals surface area contributed by atoms with Crippen molar-refractivity contribution < 1.29 is 4.79 Å². The van der Waals surface area contributed by atoms with Gasteiger partial charge in [0, 0.05) is 28.1 Å². The molecular formula is C18H15ClN2OS. The molecule has 1 N–H and O–H groups in total. The number of hydrogen-bond acceptors (Lipinski definition) is 3. The summed E-state index contributed by atoms with van der Waals surface area (Å²) in [5.74, 6) is 0.0104. The first-order valence-electron chi connectivity index (χ1n) is 7.18. The van der Waals surface area contributed by atoms with Crippen LogP contribution < -0.4 is 4.80 Å². The Balaban J connectivity index is 1.76. The molecule has 23 heavy (non-hydrogen) atoms. The van der Waals surface area contributed by atoms with Crippen LogP contribution in [0, 0.1) is 5.41 Å². The van der Waals surface area contributed by atoms with E-state index in [1.54, 1.807) is 16.7 Å². The third-order valence-electron chi connectivity index (χ3n) is 3.47. The predicted octanol–water partition coefficient (Wildman–Crippen LogP) is 4.16. The molecule has 1 heterocycles. The number of rotatable bonds is 5. The summed E-state index contributed by atoms with van der Waals surface area (Å²) in [6, 6.07) is 16.9. The van der Waals surface area contributed by atoms with Crippen molar-refractivity contribution in [2.24, 2.45) is 0 Å². The highest BCUT2D eigenvalue weighted by molar-refractivity contribution is 7.09. The quantitative estimate of drug-likeness (QED) is 0.695. The van der Waals surface area contributed by atoms with Crippen molar-refractivity contribution in [2.45, 2.75) is 13.0 Å². The number of nitrogens with zero attached hydrogens (tertiary/aromatic N) is 1. The zero-order valence-electron chi connectivity index (χ0n) is 12.3. The number of carbonyl (C=O) groups is 1. The SMILES string of the molecule is N=c1sc(Cc2cccc(Cl)c2)cn1CC(=O)c1ccccc1. The van der Waals surface area contributed by atoms with Crippen molar-refractivity contribution in [3.63, 3.8) is 0 Å². The highest BCUT2D eigenvalue weighted by Gasteiger charge is 2.09. The summed E-state index contributed by atoms with van der Waals surface area (Å²) in [5.41, 5.74) is 1.77. The molecule has 3 aromatic rings. The van der Waals surface area contributed by atoms with Gasteiger partial charge in [-0.05, 0) is 17.7 Å². The number of halogens is 1. The topological polar surface area (TPSA) is 45.9 Å². The summed E-state index contributed by atoms with van der Waals surface area (Å²) in [6.07, 6.45) is 2.60. The van der Waals surface area contributed by atoms with E-state index in [2.05, 4.69) is 0 Å². The van der Waals surface area contributed by atoms with E-state index < -0.39 is 0 Å². The number of nitrogens with one attached hydrogen (secondary N) is 1. The van der Waals surface area contributed by atoms with Gasteiger partial charge in [-0.15, -0.1) is 11.3 Å². The third-order valence-corrected chi connectivity index (χ3v) is 4.64. The number of carbonyl (C=O) groups excluding carboxylic acids is 1. The van der Waals surface area contributed by atoms with E-state index in [1.807, 2.05) is 48.7 Å². The molecule has 5 heteroatoms. The van der Waals surface area contributed by atoms with Gasteiger partial charge in [0.2, 0.25) is 0 Å². The van der Waals surface area contributed by atoms with E-state index in [1.165, 1.54) is 11.3 Å². The Morgan fingerprint density at radius 3 is 2.65 bits per heavy atom. The molecule has 2 aromatic carbocycles. The van der Waals surface area contributed by atoms with E-state index in [-0.39, 0.29) is 12.3 Å². The molecule has 1 aromatic heterocycles. The molecule has 0 aliphatic carbocycles. The molecule has 0 radical (unpaired) electrons. The molecule has 0 spiro atoms. The second kappa shape index (κ2) is 6.94. The van der Waals surface area contributed by atoms with Crippen molar-refractivity contribution in [2.75, 3.05) is 0 Å². The van der Waals surface area contributed by atoms with Gasteiger partial charge >= 0.3 is 0 Å². The van der Waals surface area contributed by atoms with Crippen molar-refractivity contribution in [3.05, 3.63) is 86.6 Å². The lowest BCUT2D eigenvalue weighted by molar-refractivity contribution is 0.0971. The summed E-state index contributed by atoms with van der Waals surface area (Å²) < 4.78 is 1.69. The first kappa shape index (κ1) is 15.7. The van der Waals surface area contributed by atoms with Gasteiger partial charge in [0.15, 0.2) is 10.6 Å². The molecule has 3 nitrogen and oxygen atoms in total. The third kappa shape index (κ3) is 3.97. The minimum Gasteiger partial charge on any atom is -0.316 e. The molecule has 0 aliphatic heterocycles. The van der Waals surface area contributed by atoms with Crippen LogP contribution in [0.5, 0.6) is 0 Å².